The molecule has 2 heterocycles. The van der Waals surface area contributed by atoms with Crippen molar-refractivity contribution in [3.05, 3.63) is 23.2 Å². The van der Waals surface area contributed by atoms with E-state index >= 15 is 0 Å². The van der Waals surface area contributed by atoms with Gasteiger partial charge in [0, 0.05) is 17.6 Å². The fraction of sp³-hybridized carbons (Fsp3) is 0.462. The van der Waals surface area contributed by atoms with Gasteiger partial charge in [0.05, 0.1) is 11.0 Å². The molecule has 0 saturated carbocycles. The molecule has 0 spiro atoms. The first-order valence-corrected chi connectivity index (χ1v) is 6.64. The highest BCUT2D eigenvalue weighted by Crippen LogP contribution is 2.24. The zero-order valence-electron chi connectivity index (χ0n) is 10.4. The second-order valence-corrected chi connectivity index (χ2v) is 5.43. The molecular weight excluding hydrogens is 248 g/mol. The number of aromatic nitrogens is 2. The summed E-state index contributed by atoms with van der Waals surface area (Å²) in [5.41, 5.74) is 7.96. The van der Waals surface area contributed by atoms with E-state index in [4.69, 9.17) is 17.3 Å². The van der Waals surface area contributed by atoms with Crippen molar-refractivity contribution >= 4 is 28.6 Å². The molecule has 0 aliphatic carbocycles. The number of anilines is 1. The van der Waals surface area contributed by atoms with Gasteiger partial charge in [-0.1, -0.05) is 11.6 Å². The smallest absolute Gasteiger partial charge is 0.201 e. The molecule has 1 aliphatic rings. The van der Waals surface area contributed by atoms with Crippen LogP contribution in [0.1, 0.15) is 12.8 Å². The Morgan fingerprint density at radius 3 is 3.06 bits per heavy atom. The topological polar surface area (TPSA) is 47.1 Å². The molecule has 5 heteroatoms. The first-order chi connectivity index (χ1) is 8.65. The normalized spacial score (nSPS) is 20.9. The average Bonchev–Trinajstić information content (AvgIpc) is 2.85. The Balaban J connectivity index is 1.98. The number of nitrogens with zero attached hydrogens (tertiary/aromatic N) is 3. The fourth-order valence-corrected chi connectivity index (χ4v) is 2.90. The highest BCUT2D eigenvalue weighted by molar-refractivity contribution is 6.31. The molecule has 2 aromatic rings. The third-order valence-corrected chi connectivity index (χ3v) is 4.04. The van der Waals surface area contributed by atoms with Gasteiger partial charge in [0.15, 0.2) is 0 Å². The molecule has 96 valence electrons. The van der Waals surface area contributed by atoms with Crippen molar-refractivity contribution in [2.75, 3.05) is 19.3 Å². The number of nitrogen functional groups attached to an aromatic ring is 1. The van der Waals surface area contributed by atoms with Gasteiger partial charge in [-0.15, -0.1) is 0 Å². The molecule has 4 nitrogen and oxygen atoms in total. The van der Waals surface area contributed by atoms with Crippen molar-refractivity contribution in [3.8, 4) is 0 Å². The SMILES string of the molecule is CN1CCCC1Cn1c(N)nc2cc(Cl)ccc21. The lowest BCUT2D eigenvalue weighted by atomic mass is 10.2. The standard InChI is InChI=1S/C13H17ClN4/c1-17-6-2-3-10(17)8-18-12-5-4-9(14)7-11(12)16-13(18)15/h4-5,7,10H,2-3,6,8H2,1H3,(H2,15,16). The number of nitrogens with two attached hydrogens (primary N) is 1. The summed E-state index contributed by atoms with van der Waals surface area (Å²) in [6.07, 6.45) is 2.49. The first kappa shape index (κ1) is 11.8. The molecule has 1 unspecified atom stereocenters. The zero-order chi connectivity index (χ0) is 12.7. The second-order valence-electron chi connectivity index (χ2n) is 4.99. The Morgan fingerprint density at radius 1 is 1.50 bits per heavy atom. The molecule has 1 aliphatic heterocycles. The number of likely N-dealkylation sites (N-methyl/N-ethyl adjacent to an activating group) is 1. The Labute approximate surface area is 111 Å². The van der Waals surface area contributed by atoms with E-state index in [9.17, 15) is 0 Å². The maximum absolute atomic E-state index is 6.02. The van der Waals surface area contributed by atoms with E-state index < -0.39 is 0 Å². The molecular formula is C13H17ClN4. The van der Waals surface area contributed by atoms with E-state index in [1.165, 1.54) is 19.4 Å². The molecule has 0 bridgehead atoms. The average molecular weight is 265 g/mol. The molecule has 1 fully saturated rings. The quantitative estimate of drug-likeness (QED) is 0.906. The van der Waals surface area contributed by atoms with Crippen molar-refractivity contribution in [1.82, 2.24) is 14.5 Å². The van der Waals surface area contributed by atoms with E-state index in [0.29, 0.717) is 17.0 Å². The van der Waals surface area contributed by atoms with E-state index in [1.54, 1.807) is 0 Å². The van der Waals surface area contributed by atoms with Crippen LogP contribution in [0.4, 0.5) is 5.95 Å². The van der Waals surface area contributed by atoms with Crippen LogP contribution in [0.15, 0.2) is 18.2 Å². The van der Waals surface area contributed by atoms with Gasteiger partial charge in [-0.2, -0.15) is 0 Å². The highest BCUT2D eigenvalue weighted by Gasteiger charge is 2.22. The largest absolute Gasteiger partial charge is 0.369 e. The summed E-state index contributed by atoms with van der Waals surface area (Å²) >= 11 is 5.98. The summed E-state index contributed by atoms with van der Waals surface area (Å²) in [6.45, 7) is 2.07. The summed E-state index contributed by atoms with van der Waals surface area (Å²) in [5.74, 6) is 0.576. The molecule has 1 aromatic heterocycles. The lowest BCUT2D eigenvalue weighted by Crippen LogP contribution is -2.29. The van der Waals surface area contributed by atoms with E-state index in [2.05, 4.69) is 21.5 Å². The maximum Gasteiger partial charge on any atom is 0.201 e. The van der Waals surface area contributed by atoms with Gasteiger partial charge in [-0.05, 0) is 44.6 Å². The summed E-state index contributed by atoms with van der Waals surface area (Å²) in [6, 6.07) is 6.30. The van der Waals surface area contributed by atoms with Gasteiger partial charge in [-0.25, -0.2) is 4.98 Å². The number of fused-ring (bicyclic) bond motifs is 1. The summed E-state index contributed by atoms with van der Waals surface area (Å²) in [4.78, 5) is 6.77. The Bertz CT molecular complexity index is 578. The molecule has 3 rings (SSSR count). The molecule has 1 atom stereocenters. The van der Waals surface area contributed by atoms with Gasteiger partial charge in [-0.3, -0.25) is 0 Å². The minimum absolute atomic E-state index is 0.556. The van der Waals surface area contributed by atoms with Crippen molar-refractivity contribution in [2.45, 2.75) is 25.4 Å². The van der Waals surface area contributed by atoms with Crippen LogP contribution in [0.25, 0.3) is 11.0 Å². The Morgan fingerprint density at radius 2 is 2.33 bits per heavy atom. The number of imidazole rings is 1. The zero-order valence-corrected chi connectivity index (χ0v) is 11.2. The van der Waals surface area contributed by atoms with Crippen LogP contribution >= 0.6 is 11.6 Å². The molecule has 0 amide bonds. The van der Waals surface area contributed by atoms with Gasteiger partial charge >= 0.3 is 0 Å². The number of hydrogen-bond acceptors (Lipinski definition) is 3. The van der Waals surface area contributed by atoms with E-state index in [0.717, 1.165) is 17.6 Å². The number of likely N-dealkylation sites (tertiary alicyclic amines) is 1. The predicted octanol–water partition coefficient (Wildman–Crippen LogP) is 2.37. The van der Waals surface area contributed by atoms with Crippen molar-refractivity contribution in [1.29, 1.82) is 0 Å². The van der Waals surface area contributed by atoms with Crippen molar-refractivity contribution in [2.24, 2.45) is 0 Å². The molecule has 18 heavy (non-hydrogen) atoms. The van der Waals surface area contributed by atoms with Crippen LogP contribution in [0.2, 0.25) is 5.02 Å². The number of hydrogen-bond donors (Lipinski definition) is 1. The number of rotatable bonds is 2. The second kappa shape index (κ2) is 4.44. The molecule has 2 N–H and O–H groups in total. The summed E-state index contributed by atoms with van der Waals surface area (Å²) in [7, 11) is 2.17. The van der Waals surface area contributed by atoms with Crippen LogP contribution in [0.3, 0.4) is 0 Å². The minimum Gasteiger partial charge on any atom is -0.369 e. The van der Waals surface area contributed by atoms with Crippen LogP contribution in [0.5, 0.6) is 0 Å². The highest BCUT2D eigenvalue weighted by atomic mass is 35.5. The van der Waals surface area contributed by atoms with Gasteiger partial charge in [0.2, 0.25) is 5.95 Å². The third kappa shape index (κ3) is 1.95. The van der Waals surface area contributed by atoms with Crippen LogP contribution in [-0.2, 0) is 6.54 Å². The van der Waals surface area contributed by atoms with Crippen molar-refractivity contribution < 1.29 is 0 Å². The summed E-state index contributed by atoms with van der Waals surface area (Å²) in [5, 5.41) is 0.699. The Kier molecular flexibility index (Phi) is 2.92. The van der Waals surface area contributed by atoms with E-state index in [-0.39, 0.29) is 0 Å². The van der Waals surface area contributed by atoms with Crippen LogP contribution in [-0.4, -0.2) is 34.1 Å². The molecule has 1 saturated heterocycles. The minimum atomic E-state index is 0.556. The monoisotopic (exact) mass is 264 g/mol. The summed E-state index contributed by atoms with van der Waals surface area (Å²) < 4.78 is 2.10. The first-order valence-electron chi connectivity index (χ1n) is 6.26. The lowest BCUT2D eigenvalue weighted by molar-refractivity contribution is 0.285. The third-order valence-electron chi connectivity index (χ3n) is 3.80. The van der Waals surface area contributed by atoms with E-state index in [1.807, 2.05) is 18.2 Å². The van der Waals surface area contributed by atoms with Crippen LogP contribution < -0.4 is 5.73 Å². The van der Waals surface area contributed by atoms with Crippen molar-refractivity contribution in [3.63, 3.8) is 0 Å². The van der Waals surface area contributed by atoms with Gasteiger partial charge in [0.1, 0.15) is 0 Å². The molecule has 0 radical (unpaired) electrons. The maximum atomic E-state index is 6.02. The molecule has 1 aromatic carbocycles. The van der Waals surface area contributed by atoms with Gasteiger partial charge in [0.25, 0.3) is 0 Å². The van der Waals surface area contributed by atoms with Gasteiger partial charge < -0.3 is 15.2 Å². The Hall–Kier alpha value is -1.26. The fourth-order valence-electron chi connectivity index (χ4n) is 2.73. The van der Waals surface area contributed by atoms with Crippen LogP contribution in [0, 0.1) is 0 Å². The lowest BCUT2D eigenvalue weighted by Gasteiger charge is -2.20. The number of halogens is 1. The number of benzene rings is 1. The predicted molar refractivity (Wildman–Crippen MR) is 74.8 cm³/mol.